The fourth-order valence-corrected chi connectivity index (χ4v) is 1.70. The lowest BCUT2D eigenvalue weighted by Gasteiger charge is -2.07. The fourth-order valence-electron chi connectivity index (χ4n) is 1.16. The zero-order valence-corrected chi connectivity index (χ0v) is 9.64. The number of aryl methyl sites for hydroxylation is 1. The molecule has 86 valence electrons. The topological polar surface area (TPSA) is 98.2 Å². The minimum Gasteiger partial charge on any atom is -0.320 e. The van der Waals surface area contributed by atoms with Crippen LogP contribution in [0, 0.1) is 18.8 Å². The minimum atomic E-state index is -3.74. The smallest absolute Gasteiger partial charge is 0.296 e. The second-order valence-electron chi connectivity index (χ2n) is 3.18. The zero-order valence-electron chi connectivity index (χ0n) is 8.82. The summed E-state index contributed by atoms with van der Waals surface area (Å²) in [7, 11) is -3.74. The fraction of sp³-hybridized carbons (Fsp3) is 0.200. The number of nitrogens with two attached hydrogens (primary N) is 2. The van der Waals surface area contributed by atoms with E-state index in [4.69, 9.17) is 10.9 Å². The van der Waals surface area contributed by atoms with Crippen LogP contribution in [0.4, 0.5) is 5.69 Å². The average molecular weight is 239 g/mol. The van der Waals surface area contributed by atoms with Gasteiger partial charge >= 0.3 is 0 Å². The third kappa shape index (κ3) is 3.90. The van der Waals surface area contributed by atoms with E-state index >= 15 is 0 Å². The SMILES string of the molecule is Cc1cc(C#CCN)ccc1NS(N)(=O)=O. The van der Waals surface area contributed by atoms with Crippen molar-refractivity contribution in [3.8, 4) is 11.8 Å². The normalized spacial score (nSPS) is 10.4. The van der Waals surface area contributed by atoms with Crippen LogP contribution >= 0.6 is 0 Å². The van der Waals surface area contributed by atoms with Gasteiger partial charge in [0.05, 0.1) is 12.2 Å². The predicted molar refractivity (Wildman–Crippen MR) is 63.8 cm³/mol. The van der Waals surface area contributed by atoms with Crippen LogP contribution in [0.15, 0.2) is 18.2 Å². The van der Waals surface area contributed by atoms with Crippen molar-refractivity contribution in [3.63, 3.8) is 0 Å². The van der Waals surface area contributed by atoms with E-state index < -0.39 is 10.2 Å². The summed E-state index contributed by atoms with van der Waals surface area (Å²) in [5.74, 6) is 5.57. The third-order valence-electron chi connectivity index (χ3n) is 1.81. The van der Waals surface area contributed by atoms with Crippen molar-refractivity contribution in [3.05, 3.63) is 29.3 Å². The monoisotopic (exact) mass is 239 g/mol. The maximum atomic E-state index is 10.8. The lowest BCUT2D eigenvalue weighted by Crippen LogP contribution is -2.22. The number of anilines is 1. The van der Waals surface area contributed by atoms with Crippen molar-refractivity contribution >= 4 is 15.9 Å². The molecule has 0 spiro atoms. The van der Waals surface area contributed by atoms with Crippen molar-refractivity contribution in [2.75, 3.05) is 11.3 Å². The summed E-state index contributed by atoms with van der Waals surface area (Å²) in [5.41, 5.74) is 7.22. The Morgan fingerprint density at radius 2 is 2.12 bits per heavy atom. The first-order valence-corrected chi connectivity index (χ1v) is 6.07. The summed E-state index contributed by atoms with van der Waals surface area (Å²) >= 11 is 0. The van der Waals surface area contributed by atoms with Crippen molar-refractivity contribution in [2.24, 2.45) is 10.9 Å². The Labute approximate surface area is 95.0 Å². The molecule has 0 radical (unpaired) electrons. The summed E-state index contributed by atoms with van der Waals surface area (Å²) in [6, 6.07) is 5.07. The molecule has 0 fully saturated rings. The molecule has 0 amide bonds. The quantitative estimate of drug-likeness (QED) is 0.629. The minimum absolute atomic E-state index is 0.288. The molecule has 0 aliphatic carbocycles. The van der Waals surface area contributed by atoms with Gasteiger partial charge in [0.15, 0.2) is 0 Å². The lowest BCUT2D eigenvalue weighted by molar-refractivity contribution is 0.603. The van der Waals surface area contributed by atoms with E-state index in [9.17, 15) is 8.42 Å². The molecule has 0 aliphatic rings. The van der Waals surface area contributed by atoms with E-state index in [-0.39, 0.29) is 6.54 Å². The van der Waals surface area contributed by atoms with E-state index in [2.05, 4.69) is 16.6 Å². The Morgan fingerprint density at radius 3 is 2.62 bits per heavy atom. The highest BCUT2D eigenvalue weighted by atomic mass is 32.2. The van der Waals surface area contributed by atoms with E-state index in [1.54, 1.807) is 25.1 Å². The van der Waals surface area contributed by atoms with E-state index in [0.717, 1.165) is 11.1 Å². The molecule has 0 unspecified atom stereocenters. The Bertz CT molecular complexity index is 541. The maximum Gasteiger partial charge on any atom is 0.296 e. The number of benzene rings is 1. The molecule has 0 aliphatic heterocycles. The molecule has 5 N–H and O–H groups in total. The summed E-state index contributed by atoms with van der Waals surface area (Å²) in [6.45, 7) is 2.05. The first-order chi connectivity index (χ1) is 7.42. The van der Waals surface area contributed by atoms with Crippen LogP contribution in [0.25, 0.3) is 0 Å². The number of rotatable bonds is 2. The molecule has 0 atom stereocenters. The second kappa shape index (κ2) is 4.99. The summed E-state index contributed by atoms with van der Waals surface area (Å²) in [6.07, 6.45) is 0. The van der Waals surface area contributed by atoms with Crippen LogP contribution in [0.1, 0.15) is 11.1 Å². The molecule has 0 saturated heterocycles. The van der Waals surface area contributed by atoms with Gasteiger partial charge in [0.2, 0.25) is 0 Å². The Kier molecular flexibility index (Phi) is 3.90. The van der Waals surface area contributed by atoms with Gasteiger partial charge in [-0.25, -0.2) is 5.14 Å². The molecule has 0 bridgehead atoms. The first kappa shape index (κ1) is 12.5. The molecule has 16 heavy (non-hydrogen) atoms. The van der Waals surface area contributed by atoms with E-state index in [1.165, 1.54) is 0 Å². The summed E-state index contributed by atoms with van der Waals surface area (Å²) in [4.78, 5) is 0. The molecule has 0 aromatic heterocycles. The average Bonchev–Trinajstić information content (AvgIpc) is 2.17. The highest BCUT2D eigenvalue weighted by Crippen LogP contribution is 2.16. The van der Waals surface area contributed by atoms with Gasteiger partial charge in [0, 0.05) is 5.56 Å². The summed E-state index contributed by atoms with van der Waals surface area (Å²) in [5, 5.41) is 4.87. The largest absolute Gasteiger partial charge is 0.320 e. The van der Waals surface area contributed by atoms with Gasteiger partial charge in [-0.05, 0) is 30.7 Å². The standard InChI is InChI=1S/C10H13N3O2S/c1-8-7-9(3-2-6-11)4-5-10(8)13-16(12,14)15/h4-5,7,13H,6,11H2,1H3,(H2,12,14,15). The first-order valence-electron chi connectivity index (χ1n) is 4.52. The van der Waals surface area contributed by atoms with Crippen LogP contribution in [0.2, 0.25) is 0 Å². The van der Waals surface area contributed by atoms with E-state index in [0.29, 0.717) is 5.69 Å². The molecule has 0 heterocycles. The summed E-state index contributed by atoms with van der Waals surface area (Å²) < 4.78 is 23.9. The third-order valence-corrected chi connectivity index (χ3v) is 2.32. The predicted octanol–water partition coefficient (Wildman–Crippen LogP) is -0.0794. The van der Waals surface area contributed by atoms with Crippen LogP contribution < -0.4 is 15.6 Å². The van der Waals surface area contributed by atoms with Gasteiger partial charge < -0.3 is 5.73 Å². The van der Waals surface area contributed by atoms with Gasteiger partial charge in [-0.15, -0.1) is 0 Å². The molecule has 5 nitrogen and oxygen atoms in total. The van der Waals surface area contributed by atoms with Crippen molar-refractivity contribution in [1.82, 2.24) is 0 Å². The van der Waals surface area contributed by atoms with Crippen LogP contribution in [0.3, 0.4) is 0 Å². The maximum absolute atomic E-state index is 10.8. The molecule has 1 aromatic carbocycles. The van der Waals surface area contributed by atoms with Gasteiger partial charge in [-0.1, -0.05) is 11.8 Å². The van der Waals surface area contributed by atoms with E-state index in [1.807, 2.05) is 0 Å². The van der Waals surface area contributed by atoms with Crippen molar-refractivity contribution in [2.45, 2.75) is 6.92 Å². The molecular formula is C10H13N3O2S. The molecule has 1 rings (SSSR count). The van der Waals surface area contributed by atoms with Gasteiger partial charge in [-0.2, -0.15) is 8.42 Å². The second-order valence-corrected chi connectivity index (χ2v) is 4.48. The zero-order chi connectivity index (χ0) is 12.2. The highest BCUT2D eigenvalue weighted by Gasteiger charge is 2.04. The van der Waals surface area contributed by atoms with Gasteiger partial charge in [-0.3, -0.25) is 4.72 Å². The van der Waals surface area contributed by atoms with Crippen molar-refractivity contribution < 1.29 is 8.42 Å². The lowest BCUT2D eigenvalue weighted by atomic mass is 10.1. The molecule has 0 saturated carbocycles. The molecule has 1 aromatic rings. The van der Waals surface area contributed by atoms with Crippen molar-refractivity contribution in [1.29, 1.82) is 0 Å². The van der Waals surface area contributed by atoms with Crippen LogP contribution in [0.5, 0.6) is 0 Å². The Balaban J connectivity index is 3.01. The number of hydrogen-bond acceptors (Lipinski definition) is 3. The number of hydrogen-bond donors (Lipinski definition) is 3. The van der Waals surface area contributed by atoms with Gasteiger partial charge in [0.25, 0.3) is 10.2 Å². The van der Waals surface area contributed by atoms with Gasteiger partial charge in [0.1, 0.15) is 0 Å². The highest BCUT2D eigenvalue weighted by molar-refractivity contribution is 7.90. The Hall–Kier alpha value is -1.55. The van der Waals surface area contributed by atoms with Crippen LogP contribution in [-0.4, -0.2) is 15.0 Å². The molecular weight excluding hydrogens is 226 g/mol. The molecule has 6 heteroatoms. The number of nitrogens with one attached hydrogen (secondary N) is 1. The van der Waals surface area contributed by atoms with Crippen LogP contribution in [-0.2, 0) is 10.2 Å². The Morgan fingerprint density at radius 1 is 1.44 bits per heavy atom.